The van der Waals surface area contributed by atoms with E-state index in [0.29, 0.717) is 28.9 Å². The number of aromatic nitrogens is 1. The van der Waals surface area contributed by atoms with Crippen LogP contribution in [0, 0.1) is 0 Å². The summed E-state index contributed by atoms with van der Waals surface area (Å²) in [5.41, 5.74) is 5.61. The Bertz CT molecular complexity index is 1090. The minimum Gasteiger partial charge on any atom is -0.477 e. The molecule has 2 atom stereocenters. The number of carbonyl (C=O) groups excluding carboxylic acids is 2. The molecule has 5 N–H and O–H groups in total. The molecule has 0 saturated carbocycles. The highest BCUT2D eigenvalue weighted by Crippen LogP contribution is 2.40. The molecule has 2 aliphatic rings. The number of hydrogen-bond acceptors (Lipinski definition) is 10. The number of anilines is 1. The Morgan fingerprint density at radius 2 is 2.23 bits per heavy atom. The van der Waals surface area contributed by atoms with Crippen molar-refractivity contribution in [3.8, 4) is 0 Å². The first-order chi connectivity index (χ1) is 16.6. The summed E-state index contributed by atoms with van der Waals surface area (Å²) in [4.78, 5) is 47.1. The molecule has 35 heavy (non-hydrogen) atoms. The molecule has 12 nitrogen and oxygen atoms in total. The molecule has 3 rings (SSSR count). The van der Waals surface area contributed by atoms with Crippen LogP contribution in [0.25, 0.3) is 0 Å². The van der Waals surface area contributed by atoms with Gasteiger partial charge in [0.1, 0.15) is 29.4 Å². The van der Waals surface area contributed by atoms with Crippen molar-refractivity contribution in [3.63, 3.8) is 0 Å². The third-order valence-corrected chi connectivity index (χ3v) is 7.27. The van der Waals surface area contributed by atoms with E-state index in [0.717, 1.165) is 16.2 Å². The lowest BCUT2D eigenvalue weighted by Crippen LogP contribution is -2.71. The number of rotatable bonds is 11. The number of likely N-dealkylation sites (N-methyl/N-ethyl adjacent to an activating group) is 1. The molecule has 2 aliphatic heterocycles. The summed E-state index contributed by atoms with van der Waals surface area (Å²) in [6.45, 7) is -0.155. The minimum atomic E-state index is -1.27. The number of β-lactam (4-membered cyclic amide) rings is 1. The van der Waals surface area contributed by atoms with E-state index in [9.17, 15) is 23.9 Å². The number of aliphatic hydroxyl groups excluding tert-OH is 1. The average Bonchev–Trinajstić information content (AvgIpc) is 3.22. The average molecular weight is 530 g/mol. The zero-order valence-electron chi connectivity index (χ0n) is 19.0. The number of nitrogens with zero attached hydrogens (tertiary/aromatic N) is 4. The Morgan fingerprint density at radius 3 is 2.83 bits per heavy atom. The predicted octanol–water partition coefficient (Wildman–Crippen LogP) is -0.263. The zero-order chi connectivity index (χ0) is 25.8. The molecule has 1 aromatic rings. The first-order valence-electron chi connectivity index (χ1n) is 10.4. The summed E-state index contributed by atoms with van der Waals surface area (Å²) in [7, 11) is 3.86. The number of aliphatic carboxylic acids is 1. The van der Waals surface area contributed by atoms with Gasteiger partial charge in [-0.15, -0.1) is 23.1 Å². The molecule has 0 spiro atoms. The molecule has 15 heteroatoms. The van der Waals surface area contributed by atoms with E-state index in [1.54, 1.807) is 6.08 Å². The van der Waals surface area contributed by atoms with Crippen LogP contribution in [-0.2, 0) is 19.2 Å². The Hall–Kier alpha value is -3.01. The van der Waals surface area contributed by atoms with Crippen molar-refractivity contribution in [2.45, 2.75) is 11.4 Å². The molecule has 0 aromatic carbocycles. The number of carbonyl (C=O) groups is 3. The Balaban J connectivity index is 1.76. The number of fused-ring (bicyclic) bond motifs is 1. The summed E-state index contributed by atoms with van der Waals surface area (Å²) in [5.74, 6) is -2.38. The van der Waals surface area contributed by atoms with Crippen LogP contribution >= 0.6 is 23.1 Å². The Kier molecular flexibility index (Phi) is 8.47. The topological polar surface area (TPSA) is 167 Å². The second-order valence-electron chi connectivity index (χ2n) is 8.26. The van der Waals surface area contributed by atoms with E-state index in [-0.39, 0.29) is 28.8 Å². The third-order valence-electron chi connectivity index (χ3n) is 5.30. The predicted molar refractivity (Wildman–Crippen MR) is 128 cm³/mol. The normalized spacial score (nSPS) is 20.6. The molecule has 0 radical (unpaired) electrons. The lowest BCUT2D eigenvalue weighted by Gasteiger charge is -2.49. The fourth-order valence-corrected chi connectivity index (χ4v) is 5.38. The van der Waals surface area contributed by atoms with Crippen molar-refractivity contribution in [1.29, 1.82) is 0 Å². The number of aliphatic hydroxyl groups is 1. The number of nitrogens with one attached hydrogen (secondary N) is 1. The maximum Gasteiger partial charge on any atom is 0.352 e. The van der Waals surface area contributed by atoms with Crippen LogP contribution in [0.1, 0.15) is 5.69 Å². The number of halogens is 1. The number of quaternary nitrogens is 1. The fourth-order valence-electron chi connectivity index (χ4n) is 3.51. The summed E-state index contributed by atoms with van der Waals surface area (Å²) >= 11 is 2.34. The SMILES string of the molecule is C[N+](C)(C/C=C/C1=C(C(=O)O)N2C(=O)[C@@H](NC(=O)/C(=N\OCF)c3csc(N)n3)[C@H]2SC1)CCO. The first kappa shape index (κ1) is 26.6. The standard InChI is InChI=1S/C20H25FN6O6S2/c1-27(2,6-7-28)5-3-4-11-8-34-18-14(17(30)26(18)15(11)19(31)32)24-16(29)13(25-33-10-21)12-9-35-20(22)23-12/h3-4,9,14,18,28H,5-8,10H2,1-2H3,(H3-,22,23,24,29,31,32)/p+1/b4-3+,25-13-/t14-,18-/m1/s1. The molecular formula is C20H26FN6O6S2+. The maximum atomic E-state index is 12.9. The molecule has 0 bridgehead atoms. The highest BCUT2D eigenvalue weighted by Gasteiger charge is 2.54. The van der Waals surface area contributed by atoms with Crippen molar-refractivity contribution in [2.24, 2.45) is 5.16 Å². The monoisotopic (exact) mass is 529 g/mol. The lowest BCUT2D eigenvalue weighted by atomic mass is 10.0. The van der Waals surface area contributed by atoms with Gasteiger partial charge in [-0.25, -0.2) is 14.2 Å². The third kappa shape index (κ3) is 5.98. The number of amides is 2. The van der Waals surface area contributed by atoms with E-state index >= 15 is 0 Å². The van der Waals surface area contributed by atoms with Crippen LogP contribution in [0.2, 0.25) is 0 Å². The molecule has 190 valence electrons. The molecule has 3 heterocycles. The number of carboxylic acid groups (broad SMARTS) is 1. The highest BCUT2D eigenvalue weighted by molar-refractivity contribution is 8.00. The number of carboxylic acids is 1. The molecule has 1 aromatic heterocycles. The van der Waals surface area contributed by atoms with Gasteiger partial charge in [-0.05, 0) is 11.6 Å². The van der Waals surface area contributed by atoms with E-state index in [2.05, 4.69) is 20.3 Å². The number of hydrogen-bond donors (Lipinski definition) is 4. The smallest absolute Gasteiger partial charge is 0.352 e. The van der Waals surface area contributed by atoms with Gasteiger partial charge in [0.15, 0.2) is 10.8 Å². The van der Waals surface area contributed by atoms with Gasteiger partial charge in [-0.3, -0.25) is 14.5 Å². The summed E-state index contributed by atoms with van der Waals surface area (Å²) < 4.78 is 13.0. The number of nitrogens with two attached hydrogens (primary N) is 1. The van der Waals surface area contributed by atoms with E-state index < -0.39 is 36.1 Å². The summed E-state index contributed by atoms with van der Waals surface area (Å²) in [6.07, 6.45) is 3.49. The maximum absolute atomic E-state index is 12.9. The van der Waals surface area contributed by atoms with E-state index in [4.69, 9.17) is 10.8 Å². The van der Waals surface area contributed by atoms with Gasteiger partial charge in [-0.2, -0.15) is 0 Å². The first-order valence-corrected chi connectivity index (χ1v) is 12.3. The largest absolute Gasteiger partial charge is 0.477 e. The summed E-state index contributed by atoms with van der Waals surface area (Å²) in [6, 6.07) is -1.01. The van der Waals surface area contributed by atoms with Crippen LogP contribution in [0.4, 0.5) is 9.52 Å². The van der Waals surface area contributed by atoms with Crippen molar-refractivity contribution in [3.05, 3.63) is 34.5 Å². The molecule has 0 aliphatic carbocycles. The van der Waals surface area contributed by atoms with Crippen LogP contribution in [0.3, 0.4) is 0 Å². The highest BCUT2D eigenvalue weighted by atomic mass is 32.2. The van der Waals surface area contributed by atoms with Gasteiger partial charge in [0.05, 0.1) is 27.2 Å². The quantitative estimate of drug-likeness (QED) is 0.131. The molecular weight excluding hydrogens is 503 g/mol. The van der Waals surface area contributed by atoms with Crippen molar-refractivity contribution >= 4 is 51.7 Å². The molecule has 1 fully saturated rings. The van der Waals surface area contributed by atoms with Gasteiger partial charge in [0.25, 0.3) is 18.7 Å². The van der Waals surface area contributed by atoms with Crippen LogP contribution in [0.15, 0.2) is 34.0 Å². The molecule has 1 saturated heterocycles. The number of thioether (sulfide) groups is 1. The van der Waals surface area contributed by atoms with Gasteiger partial charge in [-0.1, -0.05) is 11.2 Å². The van der Waals surface area contributed by atoms with Gasteiger partial charge in [0.2, 0.25) is 0 Å². The molecule has 0 unspecified atom stereocenters. The lowest BCUT2D eigenvalue weighted by molar-refractivity contribution is -0.884. The van der Waals surface area contributed by atoms with Crippen LogP contribution in [-0.4, -0.2) is 106 Å². The number of alkyl halides is 1. The fraction of sp³-hybridized carbons (Fsp3) is 0.450. The van der Waals surface area contributed by atoms with Crippen molar-refractivity contribution < 1.29 is 38.3 Å². The molecule has 2 amide bonds. The second-order valence-corrected chi connectivity index (χ2v) is 10.3. The van der Waals surface area contributed by atoms with Crippen LogP contribution in [0.5, 0.6) is 0 Å². The Labute approximate surface area is 208 Å². The van der Waals surface area contributed by atoms with E-state index in [1.807, 2.05) is 20.2 Å². The summed E-state index contributed by atoms with van der Waals surface area (Å²) in [5, 5.41) is 25.9. The number of allylic oxidation sites excluding steroid dienone is 1. The van der Waals surface area contributed by atoms with Gasteiger partial charge < -0.3 is 30.6 Å². The minimum absolute atomic E-state index is 0.0268. The number of oxime groups is 1. The zero-order valence-corrected chi connectivity index (χ0v) is 20.6. The van der Waals surface area contributed by atoms with Crippen molar-refractivity contribution in [2.75, 3.05) is 52.1 Å². The Morgan fingerprint density at radius 1 is 1.49 bits per heavy atom. The van der Waals surface area contributed by atoms with E-state index in [1.165, 1.54) is 17.1 Å². The van der Waals surface area contributed by atoms with Gasteiger partial charge in [0, 0.05) is 11.1 Å². The van der Waals surface area contributed by atoms with Crippen LogP contribution < -0.4 is 11.1 Å². The van der Waals surface area contributed by atoms with Crippen molar-refractivity contribution in [1.82, 2.24) is 15.2 Å². The number of nitrogen functional groups attached to an aromatic ring is 1. The van der Waals surface area contributed by atoms with Gasteiger partial charge >= 0.3 is 5.97 Å². The number of thiazole rings is 1. The second kappa shape index (κ2) is 11.2.